The fourth-order valence-electron chi connectivity index (χ4n) is 10.8. The maximum atomic E-state index is 11.8. The molecule has 2 saturated heterocycles. The van der Waals surface area contributed by atoms with Crippen LogP contribution in [0.4, 0.5) is 0 Å². The molecule has 1 spiro atoms. The summed E-state index contributed by atoms with van der Waals surface area (Å²) in [7, 11) is 0. The van der Waals surface area contributed by atoms with Crippen LogP contribution >= 0.6 is 0 Å². The van der Waals surface area contributed by atoms with Gasteiger partial charge in [0.1, 0.15) is 6.10 Å². The Kier molecular flexibility index (Phi) is 6.21. The summed E-state index contributed by atoms with van der Waals surface area (Å²) >= 11 is 0. The lowest BCUT2D eigenvalue weighted by Crippen LogP contribution is -2.55. The zero-order chi connectivity index (χ0) is 25.5. The molecule has 5 heteroatoms. The van der Waals surface area contributed by atoms with Gasteiger partial charge in [-0.05, 0) is 120 Å². The van der Waals surface area contributed by atoms with Crippen molar-refractivity contribution in [1.29, 1.82) is 0 Å². The summed E-state index contributed by atoms with van der Waals surface area (Å²) in [6, 6.07) is 0.482. The Morgan fingerprint density at radius 1 is 1.17 bits per heavy atom. The van der Waals surface area contributed by atoms with E-state index in [1.807, 2.05) is 0 Å². The molecule has 0 aromatic carbocycles. The summed E-state index contributed by atoms with van der Waals surface area (Å²) in [5.41, 5.74) is 9.33. The van der Waals surface area contributed by atoms with E-state index < -0.39 is 0 Å². The number of esters is 1. The van der Waals surface area contributed by atoms with E-state index in [4.69, 9.17) is 15.2 Å². The highest BCUT2D eigenvalue weighted by Gasteiger charge is 2.62. The summed E-state index contributed by atoms with van der Waals surface area (Å²) in [5, 5.41) is 3.90. The molecule has 36 heavy (non-hydrogen) atoms. The number of hydrogen-bond donors (Lipinski definition) is 2. The molecule has 4 unspecified atom stereocenters. The molecule has 4 aliphatic carbocycles. The second kappa shape index (κ2) is 8.81. The molecule has 0 radical (unpaired) electrons. The van der Waals surface area contributed by atoms with Gasteiger partial charge in [-0.3, -0.25) is 4.79 Å². The Bertz CT molecular complexity index is 933. The number of piperidine rings is 1. The Labute approximate surface area is 218 Å². The highest BCUT2D eigenvalue weighted by Crippen LogP contribution is 2.65. The molecule has 3 N–H and O–H groups in total. The molecule has 0 aromatic heterocycles. The van der Waals surface area contributed by atoms with Crippen molar-refractivity contribution >= 4 is 5.97 Å². The van der Waals surface area contributed by atoms with Crippen LogP contribution in [0.3, 0.4) is 0 Å². The number of allylic oxidation sites excluding steroid dienone is 1. The zero-order valence-corrected chi connectivity index (χ0v) is 23.4. The normalized spacial score (nSPS) is 52.3. The van der Waals surface area contributed by atoms with E-state index in [2.05, 4.69) is 39.9 Å². The number of nitrogens with one attached hydrogen (secondary N) is 1. The maximum absolute atomic E-state index is 11.8. The van der Waals surface area contributed by atoms with E-state index in [0.29, 0.717) is 29.2 Å². The topological polar surface area (TPSA) is 73.6 Å². The predicted molar refractivity (Wildman–Crippen MR) is 142 cm³/mol. The molecule has 0 amide bonds. The zero-order valence-electron chi connectivity index (χ0n) is 23.4. The lowest BCUT2D eigenvalue weighted by Gasteiger charge is -2.54. The van der Waals surface area contributed by atoms with Gasteiger partial charge in [-0.15, -0.1) is 0 Å². The third-order valence-electron chi connectivity index (χ3n) is 12.4. The van der Waals surface area contributed by atoms with Crippen molar-refractivity contribution in [3.8, 4) is 0 Å². The molecule has 11 atom stereocenters. The number of ether oxygens (including phenoxy) is 2. The van der Waals surface area contributed by atoms with E-state index in [-0.39, 0.29) is 29.8 Å². The largest absolute Gasteiger partial charge is 0.461 e. The van der Waals surface area contributed by atoms with Gasteiger partial charge in [0, 0.05) is 12.0 Å². The first-order chi connectivity index (χ1) is 17.1. The van der Waals surface area contributed by atoms with Gasteiger partial charge in [-0.25, -0.2) is 0 Å². The molecule has 202 valence electrons. The molecule has 2 heterocycles. The Balaban J connectivity index is 1.22. The molecule has 0 bridgehead atoms. The Morgan fingerprint density at radius 2 is 1.97 bits per heavy atom. The fraction of sp³-hybridized carbons (Fsp3) is 0.903. The summed E-state index contributed by atoms with van der Waals surface area (Å²) in [6.07, 6.45) is 12.0. The standard InChI is InChI=1S/C31H50N2O3/c1-18-14-30(5)28(33-17-18)20(3)31(36-30)11-9-23-24-7-6-21-12-22(35-27(34)16-32)8-10-29(21,4)26(24)13-25(23)19(2)15-31/h18,20-24,26,28,33H,6-17,32H2,1-5H3/t18-,20?,21+,22+,23-,24?,26-,28-,29-,30?,31?/m0/s1. The SMILES string of the molecule is CC1=C2C[C@H]3C(CC[C@@H]4C[C@H](OC(=O)CN)CC[C@@]43C)[C@@H]2CCC2(C1)OC1(C)C[C@H](C)CN[C@H]1C2C. The minimum atomic E-state index is -0.239. The second-order valence-electron chi connectivity index (χ2n) is 14.4. The number of carbonyl (C=O) groups excluding carboxylic acids is 1. The summed E-state index contributed by atoms with van der Waals surface area (Å²) in [6.45, 7) is 13.4. The first kappa shape index (κ1) is 25.4. The van der Waals surface area contributed by atoms with Gasteiger partial charge >= 0.3 is 5.97 Å². The molecule has 2 aliphatic heterocycles. The van der Waals surface area contributed by atoms with Crippen LogP contribution in [0.25, 0.3) is 0 Å². The van der Waals surface area contributed by atoms with Crippen LogP contribution < -0.4 is 11.1 Å². The van der Waals surface area contributed by atoms with Crippen molar-refractivity contribution in [3.05, 3.63) is 11.1 Å². The Hall–Kier alpha value is -0.910. The van der Waals surface area contributed by atoms with Crippen molar-refractivity contribution in [2.45, 2.75) is 122 Å². The number of rotatable bonds is 2. The highest BCUT2D eigenvalue weighted by atomic mass is 16.5. The van der Waals surface area contributed by atoms with Crippen LogP contribution in [-0.2, 0) is 14.3 Å². The van der Waals surface area contributed by atoms with E-state index in [9.17, 15) is 4.79 Å². The Morgan fingerprint density at radius 3 is 2.75 bits per heavy atom. The monoisotopic (exact) mass is 498 g/mol. The van der Waals surface area contributed by atoms with E-state index >= 15 is 0 Å². The smallest absolute Gasteiger partial charge is 0.319 e. The van der Waals surface area contributed by atoms with Crippen molar-refractivity contribution < 1.29 is 14.3 Å². The van der Waals surface area contributed by atoms with Crippen molar-refractivity contribution in [2.75, 3.05) is 13.1 Å². The molecular formula is C31H50N2O3. The summed E-state index contributed by atoms with van der Waals surface area (Å²) in [5.74, 6) is 4.03. The van der Waals surface area contributed by atoms with Crippen molar-refractivity contribution in [2.24, 2.45) is 46.7 Å². The lowest BCUT2D eigenvalue weighted by molar-refractivity contribution is -0.155. The van der Waals surface area contributed by atoms with Crippen molar-refractivity contribution in [3.63, 3.8) is 0 Å². The quantitative estimate of drug-likeness (QED) is 0.395. The van der Waals surface area contributed by atoms with Gasteiger partial charge in [0.2, 0.25) is 0 Å². The molecule has 5 fully saturated rings. The lowest BCUT2D eigenvalue weighted by atomic mass is 9.52. The van der Waals surface area contributed by atoms with Crippen LogP contribution in [0, 0.1) is 40.9 Å². The van der Waals surface area contributed by atoms with Gasteiger partial charge in [-0.2, -0.15) is 0 Å². The third kappa shape index (κ3) is 3.77. The van der Waals surface area contributed by atoms with Gasteiger partial charge in [-0.1, -0.05) is 31.9 Å². The van der Waals surface area contributed by atoms with E-state index in [1.54, 1.807) is 11.1 Å². The fourth-order valence-corrected chi connectivity index (χ4v) is 10.8. The van der Waals surface area contributed by atoms with Crippen LogP contribution in [0.2, 0.25) is 0 Å². The molecule has 5 nitrogen and oxygen atoms in total. The second-order valence-corrected chi connectivity index (χ2v) is 14.4. The molecule has 0 aromatic rings. The summed E-state index contributed by atoms with van der Waals surface area (Å²) < 4.78 is 12.9. The average molecular weight is 499 g/mol. The number of carbonyl (C=O) groups is 1. The molecule has 3 saturated carbocycles. The van der Waals surface area contributed by atoms with Gasteiger partial charge in [0.25, 0.3) is 0 Å². The van der Waals surface area contributed by atoms with Crippen molar-refractivity contribution in [1.82, 2.24) is 5.32 Å². The number of hydrogen-bond acceptors (Lipinski definition) is 5. The summed E-state index contributed by atoms with van der Waals surface area (Å²) in [4.78, 5) is 11.8. The van der Waals surface area contributed by atoms with E-state index in [0.717, 1.165) is 43.6 Å². The highest BCUT2D eigenvalue weighted by molar-refractivity contribution is 5.71. The molecular weight excluding hydrogens is 448 g/mol. The molecule has 6 rings (SSSR count). The van der Waals surface area contributed by atoms with Gasteiger partial charge < -0.3 is 20.5 Å². The van der Waals surface area contributed by atoms with Crippen LogP contribution in [0.15, 0.2) is 11.1 Å². The first-order valence-electron chi connectivity index (χ1n) is 15.1. The molecule has 6 aliphatic rings. The average Bonchev–Trinajstić information content (AvgIpc) is 3.26. The van der Waals surface area contributed by atoms with E-state index in [1.165, 1.54) is 44.9 Å². The minimum Gasteiger partial charge on any atom is -0.461 e. The predicted octanol–water partition coefficient (Wildman–Crippen LogP) is 5.37. The number of nitrogens with two attached hydrogens (primary N) is 1. The third-order valence-corrected chi connectivity index (χ3v) is 12.4. The number of fused-ring (bicyclic) bond motifs is 6. The van der Waals surface area contributed by atoms with Crippen LogP contribution in [0.1, 0.15) is 98.8 Å². The van der Waals surface area contributed by atoms with Gasteiger partial charge in [0.05, 0.1) is 17.7 Å². The maximum Gasteiger partial charge on any atom is 0.319 e. The van der Waals surface area contributed by atoms with Gasteiger partial charge in [0.15, 0.2) is 0 Å². The first-order valence-corrected chi connectivity index (χ1v) is 15.1. The van der Waals surface area contributed by atoms with Crippen LogP contribution in [0.5, 0.6) is 0 Å². The minimum absolute atomic E-state index is 0.000567. The van der Waals surface area contributed by atoms with Crippen LogP contribution in [-0.4, -0.2) is 42.4 Å².